The van der Waals surface area contributed by atoms with Crippen molar-refractivity contribution in [3.8, 4) is 17.6 Å². The predicted octanol–water partition coefficient (Wildman–Crippen LogP) is 5.14. The van der Waals surface area contributed by atoms with Gasteiger partial charge in [-0.1, -0.05) is 35.0 Å². The quantitative estimate of drug-likeness (QED) is 0.211. The van der Waals surface area contributed by atoms with Gasteiger partial charge in [0.25, 0.3) is 0 Å². The number of pyridine rings is 1. The third-order valence-corrected chi connectivity index (χ3v) is 7.74. The molecule has 1 saturated heterocycles. The molecule has 4 rings (SSSR count). The van der Waals surface area contributed by atoms with E-state index in [0.29, 0.717) is 71.7 Å². The summed E-state index contributed by atoms with van der Waals surface area (Å²) in [6.07, 6.45) is 2.12. The molecule has 10 heteroatoms. The zero-order chi connectivity index (χ0) is 27.3. The van der Waals surface area contributed by atoms with Gasteiger partial charge in [0.05, 0.1) is 40.7 Å². The Morgan fingerprint density at radius 3 is 2.68 bits per heavy atom. The fourth-order valence-corrected chi connectivity index (χ4v) is 5.32. The van der Waals surface area contributed by atoms with Crippen molar-refractivity contribution in [1.29, 1.82) is 0 Å². The van der Waals surface area contributed by atoms with Gasteiger partial charge in [-0.05, 0) is 62.1 Å². The summed E-state index contributed by atoms with van der Waals surface area (Å²) in [6.45, 7) is 1.63. The van der Waals surface area contributed by atoms with Crippen molar-refractivity contribution in [2.45, 2.75) is 31.8 Å². The van der Waals surface area contributed by atoms with Gasteiger partial charge in [0, 0.05) is 35.8 Å². The second-order valence-corrected chi connectivity index (χ2v) is 10.2. The zero-order valence-corrected chi connectivity index (χ0v) is 22.3. The van der Waals surface area contributed by atoms with Crippen molar-refractivity contribution in [2.75, 3.05) is 26.7 Å². The molecule has 2 aromatic carbocycles. The first-order chi connectivity index (χ1) is 18.3. The highest BCUT2D eigenvalue weighted by molar-refractivity contribution is 6.32. The lowest BCUT2D eigenvalue weighted by Gasteiger charge is -2.40. The largest absolute Gasteiger partial charge is 0.497 e. The Morgan fingerprint density at radius 1 is 1.24 bits per heavy atom. The minimum Gasteiger partial charge on any atom is -0.497 e. The van der Waals surface area contributed by atoms with Gasteiger partial charge in [0.15, 0.2) is 0 Å². The van der Waals surface area contributed by atoms with Crippen LogP contribution in [0, 0.1) is 23.1 Å². The molecule has 1 aromatic heterocycles. The van der Waals surface area contributed by atoms with Gasteiger partial charge in [-0.15, -0.1) is 0 Å². The smallest absolute Gasteiger partial charge is 0.249 e. The number of hydrogen-bond acceptors (Lipinski definition) is 6. The van der Waals surface area contributed by atoms with E-state index in [-0.39, 0.29) is 11.4 Å². The number of piperidine rings is 1. The van der Waals surface area contributed by atoms with Crippen molar-refractivity contribution < 1.29 is 24.2 Å². The molecule has 2 heterocycles. The second kappa shape index (κ2) is 12.3. The Morgan fingerprint density at radius 2 is 2.00 bits per heavy atom. The number of halogens is 3. The summed E-state index contributed by atoms with van der Waals surface area (Å²) in [7, 11) is 1.56. The standard InChI is InChI=1S/C28H28Cl2FN3O4/c1-38-19-5-7-24-20(16-19)26(22(30)17-32-24)25(35)8-9-28(27(36)33-37)10-13-34(14-11-28)12-2-3-18-4-6-23(31)21(29)15-18/h4-7,15-17,25,35,37H,8-14H2,1H3,(H,33,36)/t25-/m1/s1. The summed E-state index contributed by atoms with van der Waals surface area (Å²) in [5.74, 6) is 5.70. The highest BCUT2D eigenvalue weighted by Gasteiger charge is 2.41. The molecule has 3 N–H and O–H groups in total. The highest BCUT2D eigenvalue weighted by atomic mass is 35.5. The van der Waals surface area contributed by atoms with Crippen LogP contribution in [0.1, 0.15) is 42.9 Å². The van der Waals surface area contributed by atoms with Crippen LogP contribution < -0.4 is 10.2 Å². The van der Waals surface area contributed by atoms with Gasteiger partial charge in [-0.3, -0.25) is 19.9 Å². The number of nitrogens with one attached hydrogen (secondary N) is 1. The molecule has 3 aromatic rings. The predicted molar refractivity (Wildman–Crippen MR) is 144 cm³/mol. The minimum atomic E-state index is -0.949. The molecule has 38 heavy (non-hydrogen) atoms. The molecule has 0 bridgehead atoms. The number of fused-ring (bicyclic) bond motifs is 1. The number of methoxy groups -OCH3 is 1. The average Bonchev–Trinajstić information content (AvgIpc) is 2.93. The van der Waals surface area contributed by atoms with E-state index in [2.05, 4.69) is 21.7 Å². The van der Waals surface area contributed by atoms with E-state index in [1.54, 1.807) is 31.4 Å². The van der Waals surface area contributed by atoms with Crippen LogP contribution in [0.4, 0.5) is 4.39 Å². The number of amides is 1. The second-order valence-electron chi connectivity index (χ2n) is 9.39. The van der Waals surface area contributed by atoms with E-state index in [1.165, 1.54) is 18.3 Å². The van der Waals surface area contributed by atoms with Gasteiger partial charge in [0.2, 0.25) is 5.91 Å². The molecule has 200 valence electrons. The fraction of sp³-hybridized carbons (Fsp3) is 0.357. The molecule has 0 unspecified atom stereocenters. The van der Waals surface area contributed by atoms with E-state index in [9.17, 15) is 19.5 Å². The SMILES string of the molecule is COc1ccc2ncc(Cl)c([C@H](O)CCC3(C(=O)NO)CCN(CC#Cc4ccc(F)c(Cl)c4)CC3)c2c1. The van der Waals surface area contributed by atoms with Crippen LogP contribution in [0.2, 0.25) is 10.0 Å². The number of nitrogens with zero attached hydrogens (tertiary/aromatic N) is 2. The molecular formula is C28H28Cl2FN3O4. The summed E-state index contributed by atoms with van der Waals surface area (Å²) in [5, 5.41) is 21.7. The number of aromatic nitrogens is 1. The van der Waals surface area contributed by atoms with Crippen LogP contribution in [0.15, 0.2) is 42.6 Å². The molecule has 1 fully saturated rings. The van der Waals surface area contributed by atoms with E-state index >= 15 is 0 Å². The van der Waals surface area contributed by atoms with E-state index < -0.39 is 23.2 Å². The Labute approximate surface area is 230 Å². The van der Waals surface area contributed by atoms with Crippen LogP contribution in [0.5, 0.6) is 5.75 Å². The van der Waals surface area contributed by atoms with E-state index in [4.69, 9.17) is 27.9 Å². The first kappa shape index (κ1) is 28.1. The lowest BCUT2D eigenvalue weighted by molar-refractivity contribution is -0.143. The summed E-state index contributed by atoms with van der Waals surface area (Å²) >= 11 is 12.3. The maximum atomic E-state index is 13.3. The van der Waals surface area contributed by atoms with E-state index in [1.807, 2.05) is 5.48 Å². The number of likely N-dealkylation sites (tertiary alicyclic amines) is 1. The van der Waals surface area contributed by atoms with Gasteiger partial charge in [-0.25, -0.2) is 9.87 Å². The van der Waals surface area contributed by atoms with Crippen LogP contribution in [0.3, 0.4) is 0 Å². The number of rotatable bonds is 7. The Balaban J connectivity index is 1.43. The molecule has 0 spiro atoms. The molecule has 1 atom stereocenters. The molecular weight excluding hydrogens is 532 g/mol. The number of ether oxygens (including phenoxy) is 1. The number of hydrogen-bond donors (Lipinski definition) is 3. The number of hydroxylamine groups is 1. The molecule has 0 radical (unpaired) electrons. The fourth-order valence-electron chi connectivity index (χ4n) is 4.87. The normalized spacial score (nSPS) is 15.9. The summed E-state index contributed by atoms with van der Waals surface area (Å²) in [6, 6.07) is 9.69. The Hall–Kier alpha value is -2.93. The van der Waals surface area contributed by atoms with Gasteiger partial charge in [-0.2, -0.15) is 0 Å². The topological polar surface area (TPSA) is 94.9 Å². The Kier molecular flexibility index (Phi) is 9.08. The Bertz CT molecular complexity index is 1380. The van der Waals surface area contributed by atoms with Gasteiger partial charge >= 0.3 is 0 Å². The van der Waals surface area contributed by atoms with Crippen molar-refractivity contribution >= 4 is 40.0 Å². The van der Waals surface area contributed by atoms with Crippen LogP contribution in [0.25, 0.3) is 10.9 Å². The summed E-state index contributed by atoms with van der Waals surface area (Å²) < 4.78 is 18.7. The number of aliphatic hydroxyl groups excluding tert-OH is 1. The van der Waals surface area contributed by atoms with Crippen molar-refractivity contribution in [1.82, 2.24) is 15.4 Å². The molecule has 0 aliphatic carbocycles. The molecule has 7 nitrogen and oxygen atoms in total. The number of carbonyl (C=O) groups is 1. The van der Waals surface area contributed by atoms with Gasteiger partial charge in [0.1, 0.15) is 11.6 Å². The third-order valence-electron chi connectivity index (χ3n) is 7.15. The van der Waals surface area contributed by atoms with Crippen LogP contribution in [-0.4, -0.2) is 52.8 Å². The summed E-state index contributed by atoms with van der Waals surface area (Å²) in [5.41, 5.74) is 2.80. The first-order valence-corrected chi connectivity index (χ1v) is 12.9. The first-order valence-electron chi connectivity index (χ1n) is 12.2. The van der Waals surface area contributed by atoms with Crippen LogP contribution >= 0.6 is 23.2 Å². The maximum Gasteiger partial charge on any atom is 0.249 e. The minimum absolute atomic E-state index is 0.0250. The number of carbonyl (C=O) groups excluding carboxylic acids is 1. The molecule has 1 aliphatic rings. The van der Waals surface area contributed by atoms with Crippen molar-refractivity contribution in [2.24, 2.45) is 5.41 Å². The number of aliphatic hydroxyl groups is 1. The lowest BCUT2D eigenvalue weighted by Crippen LogP contribution is -2.48. The van der Waals surface area contributed by atoms with Crippen molar-refractivity contribution in [3.05, 3.63) is 69.6 Å². The van der Waals surface area contributed by atoms with Gasteiger partial charge < -0.3 is 9.84 Å². The maximum absolute atomic E-state index is 13.3. The lowest BCUT2D eigenvalue weighted by atomic mass is 9.73. The monoisotopic (exact) mass is 559 g/mol. The van der Waals surface area contributed by atoms with E-state index in [0.717, 1.165) is 0 Å². The average molecular weight is 560 g/mol. The summed E-state index contributed by atoms with van der Waals surface area (Å²) in [4.78, 5) is 19.2. The van der Waals surface area contributed by atoms with Crippen LogP contribution in [-0.2, 0) is 4.79 Å². The highest BCUT2D eigenvalue weighted by Crippen LogP contribution is 2.41. The zero-order valence-electron chi connectivity index (χ0n) is 20.8. The molecule has 0 saturated carbocycles. The molecule has 1 amide bonds. The number of benzene rings is 2. The third kappa shape index (κ3) is 6.20. The van der Waals surface area contributed by atoms with Crippen molar-refractivity contribution in [3.63, 3.8) is 0 Å². The molecule has 1 aliphatic heterocycles.